The highest BCUT2D eigenvalue weighted by atomic mass is 19.1. The average Bonchev–Trinajstić information content (AvgIpc) is 2.82. The van der Waals surface area contributed by atoms with Crippen LogP contribution in [0, 0.1) is 5.82 Å². The van der Waals surface area contributed by atoms with Crippen LogP contribution in [0.2, 0.25) is 0 Å². The SMILES string of the molecule is Nc1ccc2c(c1)N(CCOc1cccc(F)c1)CC2. The monoisotopic (exact) mass is 272 g/mol. The smallest absolute Gasteiger partial charge is 0.126 e. The Labute approximate surface area is 117 Å². The first-order valence-electron chi connectivity index (χ1n) is 6.74. The molecule has 2 aromatic carbocycles. The fourth-order valence-corrected chi connectivity index (χ4v) is 2.53. The number of halogens is 1. The summed E-state index contributed by atoms with van der Waals surface area (Å²) in [6, 6.07) is 12.2. The maximum Gasteiger partial charge on any atom is 0.126 e. The molecule has 0 bridgehead atoms. The number of nitrogen functional groups attached to an aromatic ring is 1. The zero-order valence-electron chi connectivity index (χ0n) is 11.2. The van der Waals surface area contributed by atoms with Gasteiger partial charge in [0.15, 0.2) is 0 Å². The zero-order chi connectivity index (χ0) is 13.9. The van der Waals surface area contributed by atoms with Gasteiger partial charge in [0.2, 0.25) is 0 Å². The molecular weight excluding hydrogens is 255 g/mol. The van der Waals surface area contributed by atoms with E-state index in [4.69, 9.17) is 10.5 Å². The molecule has 4 heteroatoms. The summed E-state index contributed by atoms with van der Waals surface area (Å²) in [5.41, 5.74) is 9.12. The number of nitrogens with two attached hydrogens (primary N) is 1. The van der Waals surface area contributed by atoms with Gasteiger partial charge in [-0.3, -0.25) is 0 Å². The van der Waals surface area contributed by atoms with Crippen molar-refractivity contribution >= 4 is 11.4 Å². The lowest BCUT2D eigenvalue weighted by atomic mass is 10.1. The van der Waals surface area contributed by atoms with Crippen molar-refractivity contribution < 1.29 is 9.13 Å². The average molecular weight is 272 g/mol. The van der Waals surface area contributed by atoms with Crippen LogP contribution in [-0.4, -0.2) is 19.7 Å². The molecule has 2 N–H and O–H groups in total. The van der Waals surface area contributed by atoms with Crippen LogP contribution in [0.15, 0.2) is 42.5 Å². The highest BCUT2D eigenvalue weighted by Gasteiger charge is 2.18. The van der Waals surface area contributed by atoms with Gasteiger partial charge in [0.05, 0.1) is 6.54 Å². The Hall–Kier alpha value is -2.23. The lowest BCUT2D eigenvalue weighted by Gasteiger charge is -2.19. The number of nitrogens with zero attached hydrogens (tertiary/aromatic N) is 1. The van der Waals surface area contributed by atoms with Crippen LogP contribution in [0.4, 0.5) is 15.8 Å². The van der Waals surface area contributed by atoms with Gasteiger partial charge in [0.1, 0.15) is 18.2 Å². The van der Waals surface area contributed by atoms with Gasteiger partial charge >= 0.3 is 0 Å². The Bertz CT molecular complexity index is 615. The van der Waals surface area contributed by atoms with E-state index in [1.807, 2.05) is 12.1 Å². The summed E-state index contributed by atoms with van der Waals surface area (Å²) < 4.78 is 18.6. The van der Waals surface area contributed by atoms with E-state index < -0.39 is 0 Å². The summed E-state index contributed by atoms with van der Waals surface area (Å²) in [7, 11) is 0. The van der Waals surface area contributed by atoms with Crippen molar-refractivity contribution in [1.29, 1.82) is 0 Å². The first kappa shape index (κ1) is 12.8. The summed E-state index contributed by atoms with van der Waals surface area (Å²) in [5.74, 6) is 0.291. The van der Waals surface area contributed by atoms with Crippen molar-refractivity contribution in [3.8, 4) is 5.75 Å². The van der Waals surface area contributed by atoms with Crippen LogP contribution in [0.5, 0.6) is 5.75 Å². The second-order valence-electron chi connectivity index (χ2n) is 4.93. The van der Waals surface area contributed by atoms with Crippen LogP contribution in [0.1, 0.15) is 5.56 Å². The quantitative estimate of drug-likeness (QED) is 0.870. The van der Waals surface area contributed by atoms with Gasteiger partial charge in [0, 0.05) is 24.0 Å². The number of hydrogen-bond donors (Lipinski definition) is 1. The normalized spacial score (nSPS) is 13.3. The third kappa shape index (κ3) is 2.69. The molecule has 0 fully saturated rings. The third-order valence-electron chi connectivity index (χ3n) is 3.53. The summed E-state index contributed by atoms with van der Waals surface area (Å²) >= 11 is 0. The molecule has 20 heavy (non-hydrogen) atoms. The van der Waals surface area contributed by atoms with Crippen molar-refractivity contribution in [1.82, 2.24) is 0 Å². The number of anilines is 2. The molecule has 0 amide bonds. The predicted octanol–water partition coefficient (Wildman–Crippen LogP) is 2.85. The Balaban J connectivity index is 1.59. The topological polar surface area (TPSA) is 38.5 Å². The second-order valence-corrected chi connectivity index (χ2v) is 4.93. The highest BCUT2D eigenvalue weighted by molar-refractivity contribution is 5.64. The molecule has 3 rings (SSSR count). The molecule has 0 saturated carbocycles. The molecule has 104 valence electrons. The molecule has 0 atom stereocenters. The maximum atomic E-state index is 13.0. The summed E-state index contributed by atoms with van der Waals surface area (Å²) in [6.07, 6.45) is 1.04. The van der Waals surface area contributed by atoms with E-state index in [2.05, 4.69) is 11.0 Å². The van der Waals surface area contributed by atoms with E-state index >= 15 is 0 Å². The van der Waals surface area contributed by atoms with Crippen LogP contribution >= 0.6 is 0 Å². The number of rotatable bonds is 4. The molecule has 0 unspecified atom stereocenters. The van der Waals surface area contributed by atoms with Crippen molar-refractivity contribution in [2.45, 2.75) is 6.42 Å². The molecule has 0 aliphatic carbocycles. The van der Waals surface area contributed by atoms with E-state index in [-0.39, 0.29) is 5.82 Å². The molecule has 1 aliphatic rings. The van der Waals surface area contributed by atoms with Gasteiger partial charge in [-0.1, -0.05) is 12.1 Å². The van der Waals surface area contributed by atoms with E-state index in [1.165, 1.54) is 23.4 Å². The fraction of sp³-hybridized carbons (Fsp3) is 0.250. The third-order valence-corrected chi connectivity index (χ3v) is 3.53. The largest absolute Gasteiger partial charge is 0.492 e. The van der Waals surface area contributed by atoms with Crippen LogP contribution in [0.3, 0.4) is 0 Å². The van der Waals surface area contributed by atoms with Gasteiger partial charge in [-0.2, -0.15) is 0 Å². The van der Waals surface area contributed by atoms with Gasteiger partial charge < -0.3 is 15.4 Å². The van der Waals surface area contributed by atoms with E-state index in [0.29, 0.717) is 12.4 Å². The van der Waals surface area contributed by atoms with Gasteiger partial charge in [0.25, 0.3) is 0 Å². The number of fused-ring (bicyclic) bond motifs is 1. The standard InChI is InChI=1S/C16H17FN2O/c17-13-2-1-3-15(10-13)20-9-8-19-7-6-12-4-5-14(18)11-16(12)19/h1-5,10-11H,6-9,18H2. The van der Waals surface area contributed by atoms with Crippen molar-refractivity contribution in [2.24, 2.45) is 0 Å². The van der Waals surface area contributed by atoms with E-state index in [1.54, 1.807) is 12.1 Å². The Kier molecular flexibility index (Phi) is 3.46. The number of benzene rings is 2. The zero-order valence-corrected chi connectivity index (χ0v) is 11.2. The van der Waals surface area contributed by atoms with Gasteiger partial charge in [-0.25, -0.2) is 4.39 Å². The molecule has 1 aliphatic heterocycles. The Morgan fingerprint density at radius 2 is 2.10 bits per heavy atom. The molecule has 1 heterocycles. The Morgan fingerprint density at radius 1 is 1.20 bits per heavy atom. The molecule has 0 saturated heterocycles. The number of ether oxygens (including phenoxy) is 1. The molecule has 0 radical (unpaired) electrons. The minimum atomic E-state index is -0.276. The highest BCUT2D eigenvalue weighted by Crippen LogP contribution is 2.29. The second kappa shape index (κ2) is 5.41. The summed E-state index contributed by atoms with van der Waals surface area (Å²) in [6.45, 7) is 2.27. The van der Waals surface area contributed by atoms with Crippen LogP contribution < -0.4 is 15.4 Å². The molecular formula is C16H17FN2O. The summed E-state index contributed by atoms with van der Waals surface area (Å²) in [5, 5.41) is 0. The fourth-order valence-electron chi connectivity index (χ4n) is 2.53. The maximum absolute atomic E-state index is 13.0. The molecule has 0 spiro atoms. The van der Waals surface area contributed by atoms with Crippen molar-refractivity contribution in [3.05, 3.63) is 53.8 Å². The van der Waals surface area contributed by atoms with Crippen LogP contribution in [0.25, 0.3) is 0 Å². The van der Waals surface area contributed by atoms with Crippen LogP contribution in [-0.2, 0) is 6.42 Å². The van der Waals surface area contributed by atoms with Gasteiger partial charge in [-0.05, 0) is 36.2 Å². The molecule has 0 aromatic heterocycles. The first-order valence-corrected chi connectivity index (χ1v) is 6.74. The molecule has 3 nitrogen and oxygen atoms in total. The van der Waals surface area contributed by atoms with Gasteiger partial charge in [-0.15, -0.1) is 0 Å². The number of hydrogen-bond acceptors (Lipinski definition) is 3. The predicted molar refractivity (Wildman–Crippen MR) is 78.7 cm³/mol. The minimum Gasteiger partial charge on any atom is -0.492 e. The van der Waals surface area contributed by atoms with Crippen molar-refractivity contribution in [2.75, 3.05) is 30.3 Å². The van der Waals surface area contributed by atoms with E-state index in [9.17, 15) is 4.39 Å². The van der Waals surface area contributed by atoms with E-state index in [0.717, 1.165) is 25.2 Å². The Morgan fingerprint density at radius 3 is 2.95 bits per heavy atom. The minimum absolute atomic E-state index is 0.276. The first-order chi connectivity index (χ1) is 9.72. The molecule has 2 aromatic rings. The summed E-state index contributed by atoms with van der Waals surface area (Å²) in [4.78, 5) is 2.25. The van der Waals surface area contributed by atoms with Crippen molar-refractivity contribution in [3.63, 3.8) is 0 Å². The lowest BCUT2D eigenvalue weighted by molar-refractivity contribution is 0.323. The lowest BCUT2D eigenvalue weighted by Crippen LogP contribution is -2.26.